The van der Waals surface area contributed by atoms with Crippen molar-refractivity contribution in [1.82, 2.24) is 15.1 Å². The van der Waals surface area contributed by atoms with E-state index in [1.165, 1.54) is 0 Å². The van der Waals surface area contributed by atoms with Gasteiger partial charge in [-0.05, 0) is 31.4 Å². The maximum atomic E-state index is 6.12. The second-order valence-electron chi connectivity index (χ2n) is 4.17. The molecule has 0 unspecified atom stereocenters. The van der Waals surface area contributed by atoms with E-state index in [1.54, 1.807) is 12.4 Å². The molecule has 5 nitrogen and oxygen atoms in total. The first kappa shape index (κ1) is 9.47. The Kier molecular flexibility index (Phi) is 2.00. The van der Waals surface area contributed by atoms with Crippen LogP contribution in [0, 0.1) is 0 Å². The summed E-state index contributed by atoms with van der Waals surface area (Å²) in [5.74, 6) is 1.12. The van der Waals surface area contributed by atoms with Crippen molar-refractivity contribution < 1.29 is 4.52 Å². The Morgan fingerprint density at radius 3 is 2.62 bits per heavy atom. The van der Waals surface area contributed by atoms with E-state index in [4.69, 9.17) is 10.3 Å². The number of hydrogen-bond acceptors (Lipinski definition) is 5. The lowest BCUT2D eigenvalue weighted by Gasteiger charge is -2.34. The molecule has 0 aromatic carbocycles. The molecule has 3 rings (SSSR count). The number of hydrogen-bond donors (Lipinski definition) is 1. The topological polar surface area (TPSA) is 77.8 Å². The van der Waals surface area contributed by atoms with E-state index in [-0.39, 0.29) is 5.54 Å². The van der Waals surface area contributed by atoms with Crippen LogP contribution in [-0.2, 0) is 5.54 Å². The third kappa shape index (κ3) is 1.40. The van der Waals surface area contributed by atoms with Crippen LogP contribution >= 0.6 is 0 Å². The van der Waals surface area contributed by atoms with E-state index in [0.29, 0.717) is 11.7 Å². The molecule has 82 valence electrons. The molecule has 0 aliphatic heterocycles. The van der Waals surface area contributed by atoms with Crippen LogP contribution in [0.4, 0.5) is 0 Å². The van der Waals surface area contributed by atoms with Gasteiger partial charge in [-0.15, -0.1) is 0 Å². The Morgan fingerprint density at radius 1 is 1.25 bits per heavy atom. The molecule has 1 aliphatic rings. The van der Waals surface area contributed by atoms with Crippen LogP contribution < -0.4 is 5.73 Å². The average Bonchev–Trinajstić information content (AvgIpc) is 2.77. The molecule has 0 radical (unpaired) electrons. The maximum absolute atomic E-state index is 6.12. The van der Waals surface area contributed by atoms with Crippen LogP contribution in [0.25, 0.3) is 11.5 Å². The van der Waals surface area contributed by atoms with Crippen LogP contribution in [0.5, 0.6) is 0 Å². The first-order chi connectivity index (χ1) is 7.78. The van der Waals surface area contributed by atoms with Crippen molar-refractivity contribution in [2.45, 2.75) is 24.8 Å². The molecular formula is C11H12N4O. The standard InChI is InChI=1S/C11H12N4O/c12-11(4-1-5-11)10-14-9(16-15-10)8-2-6-13-7-3-8/h2-3,6-7H,1,4-5,12H2. The van der Waals surface area contributed by atoms with E-state index in [9.17, 15) is 0 Å². The Balaban J connectivity index is 1.94. The summed E-state index contributed by atoms with van der Waals surface area (Å²) >= 11 is 0. The van der Waals surface area contributed by atoms with Crippen molar-refractivity contribution in [2.75, 3.05) is 0 Å². The molecule has 1 aliphatic carbocycles. The van der Waals surface area contributed by atoms with Gasteiger partial charge < -0.3 is 10.3 Å². The number of aromatic nitrogens is 3. The molecule has 5 heteroatoms. The Morgan fingerprint density at radius 2 is 2.00 bits per heavy atom. The molecule has 0 bridgehead atoms. The van der Waals surface area contributed by atoms with Gasteiger partial charge in [0.25, 0.3) is 5.89 Å². The van der Waals surface area contributed by atoms with Gasteiger partial charge in [-0.2, -0.15) is 4.98 Å². The minimum Gasteiger partial charge on any atom is -0.334 e. The smallest absolute Gasteiger partial charge is 0.258 e. The Labute approximate surface area is 92.7 Å². The van der Waals surface area contributed by atoms with Gasteiger partial charge in [-0.1, -0.05) is 5.16 Å². The van der Waals surface area contributed by atoms with Gasteiger partial charge in [0.2, 0.25) is 0 Å². The molecule has 1 fully saturated rings. The molecule has 2 N–H and O–H groups in total. The van der Waals surface area contributed by atoms with Crippen molar-refractivity contribution in [3.05, 3.63) is 30.4 Å². The average molecular weight is 216 g/mol. The fraction of sp³-hybridized carbons (Fsp3) is 0.364. The molecule has 0 atom stereocenters. The van der Waals surface area contributed by atoms with E-state index < -0.39 is 0 Å². The fourth-order valence-electron chi connectivity index (χ4n) is 1.82. The zero-order valence-electron chi connectivity index (χ0n) is 8.76. The van der Waals surface area contributed by atoms with Gasteiger partial charge in [0.05, 0.1) is 5.54 Å². The minimum absolute atomic E-state index is 0.366. The predicted molar refractivity (Wildman–Crippen MR) is 57.2 cm³/mol. The highest BCUT2D eigenvalue weighted by molar-refractivity contribution is 5.51. The SMILES string of the molecule is NC1(c2noc(-c3ccncc3)n2)CCC1. The van der Waals surface area contributed by atoms with Gasteiger partial charge >= 0.3 is 0 Å². The summed E-state index contributed by atoms with van der Waals surface area (Å²) < 4.78 is 5.20. The summed E-state index contributed by atoms with van der Waals surface area (Å²) in [6, 6.07) is 3.67. The minimum atomic E-state index is -0.366. The molecule has 2 heterocycles. The van der Waals surface area contributed by atoms with Crippen molar-refractivity contribution in [2.24, 2.45) is 5.73 Å². The van der Waals surface area contributed by atoms with Gasteiger partial charge in [-0.3, -0.25) is 4.98 Å². The third-order valence-electron chi connectivity index (χ3n) is 3.04. The third-order valence-corrected chi connectivity index (χ3v) is 3.04. The quantitative estimate of drug-likeness (QED) is 0.822. The predicted octanol–water partition coefficient (Wildman–Crippen LogP) is 1.47. The van der Waals surface area contributed by atoms with E-state index in [0.717, 1.165) is 24.8 Å². The van der Waals surface area contributed by atoms with Gasteiger partial charge in [0.15, 0.2) is 5.82 Å². The summed E-state index contributed by atoms with van der Waals surface area (Å²) in [7, 11) is 0. The summed E-state index contributed by atoms with van der Waals surface area (Å²) in [6.07, 6.45) is 6.39. The normalized spacial score (nSPS) is 18.1. The fourth-order valence-corrected chi connectivity index (χ4v) is 1.82. The van der Waals surface area contributed by atoms with Crippen molar-refractivity contribution in [1.29, 1.82) is 0 Å². The lowest BCUT2D eigenvalue weighted by Crippen LogP contribution is -2.44. The highest BCUT2D eigenvalue weighted by atomic mass is 16.5. The lowest BCUT2D eigenvalue weighted by molar-refractivity contribution is 0.229. The van der Waals surface area contributed by atoms with Crippen LogP contribution in [0.2, 0.25) is 0 Å². The molecule has 2 aromatic rings. The number of rotatable bonds is 2. The lowest BCUT2D eigenvalue weighted by atomic mass is 9.77. The Hall–Kier alpha value is -1.75. The van der Waals surface area contributed by atoms with Crippen LogP contribution in [0.15, 0.2) is 29.0 Å². The largest absolute Gasteiger partial charge is 0.334 e. The molecule has 0 saturated heterocycles. The van der Waals surface area contributed by atoms with Crippen molar-refractivity contribution in [3.8, 4) is 11.5 Å². The van der Waals surface area contributed by atoms with E-state index in [1.807, 2.05) is 12.1 Å². The van der Waals surface area contributed by atoms with Crippen LogP contribution in [0.1, 0.15) is 25.1 Å². The Bertz CT molecular complexity index is 490. The van der Waals surface area contributed by atoms with Crippen LogP contribution in [0.3, 0.4) is 0 Å². The second-order valence-corrected chi connectivity index (χ2v) is 4.17. The van der Waals surface area contributed by atoms with Crippen molar-refractivity contribution in [3.63, 3.8) is 0 Å². The number of nitrogens with two attached hydrogens (primary N) is 1. The summed E-state index contributed by atoms with van der Waals surface area (Å²) in [6.45, 7) is 0. The first-order valence-electron chi connectivity index (χ1n) is 5.31. The summed E-state index contributed by atoms with van der Waals surface area (Å²) in [5.41, 5.74) is 6.62. The second kappa shape index (κ2) is 3.38. The number of nitrogens with zero attached hydrogens (tertiary/aromatic N) is 3. The highest BCUT2D eigenvalue weighted by Gasteiger charge is 2.39. The summed E-state index contributed by atoms with van der Waals surface area (Å²) in [4.78, 5) is 8.28. The van der Waals surface area contributed by atoms with E-state index in [2.05, 4.69) is 15.1 Å². The highest BCUT2D eigenvalue weighted by Crippen LogP contribution is 2.37. The monoisotopic (exact) mass is 216 g/mol. The summed E-state index contributed by atoms with van der Waals surface area (Å²) in [5, 5.41) is 3.95. The zero-order valence-corrected chi connectivity index (χ0v) is 8.76. The molecular weight excluding hydrogens is 204 g/mol. The molecule has 0 spiro atoms. The first-order valence-corrected chi connectivity index (χ1v) is 5.31. The maximum Gasteiger partial charge on any atom is 0.258 e. The van der Waals surface area contributed by atoms with Gasteiger partial charge in [0, 0.05) is 18.0 Å². The molecule has 16 heavy (non-hydrogen) atoms. The van der Waals surface area contributed by atoms with Gasteiger partial charge in [0.1, 0.15) is 0 Å². The van der Waals surface area contributed by atoms with E-state index >= 15 is 0 Å². The molecule has 0 amide bonds. The van der Waals surface area contributed by atoms with Crippen LogP contribution in [-0.4, -0.2) is 15.1 Å². The van der Waals surface area contributed by atoms with Crippen molar-refractivity contribution >= 4 is 0 Å². The van der Waals surface area contributed by atoms with Gasteiger partial charge in [-0.25, -0.2) is 0 Å². The molecule has 1 saturated carbocycles. The zero-order chi connectivity index (χ0) is 11.0. The number of pyridine rings is 1. The molecule has 2 aromatic heterocycles.